The Hall–Kier alpha value is -1.30. The van der Waals surface area contributed by atoms with Crippen molar-refractivity contribution in [2.24, 2.45) is 0 Å². The Labute approximate surface area is 136 Å². The van der Waals surface area contributed by atoms with Gasteiger partial charge in [-0.25, -0.2) is 4.79 Å². The monoisotopic (exact) mass is 325 g/mol. The van der Waals surface area contributed by atoms with Crippen molar-refractivity contribution in [2.75, 3.05) is 27.2 Å². The predicted molar refractivity (Wildman–Crippen MR) is 88.1 cm³/mol. The average molecular weight is 326 g/mol. The van der Waals surface area contributed by atoms with E-state index in [0.29, 0.717) is 11.6 Å². The van der Waals surface area contributed by atoms with Crippen LogP contribution in [0.3, 0.4) is 0 Å². The van der Waals surface area contributed by atoms with E-state index in [1.54, 1.807) is 4.90 Å². The van der Waals surface area contributed by atoms with Crippen LogP contribution < -0.4 is 5.32 Å². The van der Waals surface area contributed by atoms with Crippen LogP contribution in [0.5, 0.6) is 0 Å². The average Bonchev–Trinajstić information content (AvgIpc) is 2.92. The van der Waals surface area contributed by atoms with Gasteiger partial charge in [-0.05, 0) is 45.1 Å². The third kappa shape index (κ3) is 3.91. The molecule has 1 aromatic carbocycles. The zero-order valence-electron chi connectivity index (χ0n) is 13.3. The number of aliphatic hydroxyl groups is 1. The molecule has 3 atom stereocenters. The SMILES string of the molecule is C[C@@H](NC(=O)N1C[C@H](N(C)C)C[C@H]1CO)c1ccc(Cl)cc1. The number of nitrogens with one attached hydrogen (secondary N) is 1. The van der Waals surface area contributed by atoms with Gasteiger partial charge in [0.15, 0.2) is 0 Å². The van der Waals surface area contributed by atoms with Gasteiger partial charge in [0.25, 0.3) is 0 Å². The zero-order chi connectivity index (χ0) is 16.3. The lowest BCUT2D eigenvalue weighted by Gasteiger charge is -2.26. The molecule has 2 N–H and O–H groups in total. The molecule has 0 aromatic heterocycles. The first-order valence-corrected chi connectivity index (χ1v) is 7.90. The van der Waals surface area contributed by atoms with Crippen molar-refractivity contribution in [3.63, 3.8) is 0 Å². The van der Waals surface area contributed by atoms with E-state index in [2.05, 4.69) is 10.2 Å². The highest BCUT2D eigenvalue weighted by Gasteiger charge is 2.36. The van der Waals surface area contributed by atoms with Crippen LogP contribution in [0.1, 0.15) is 24.9 Å². The number of halogens is 1. The molecule has 0 unspecified atom stereocenters. The van der Waals surface area contributed by atoms with Crippen molar-refractivity contribution in [2.45, 2.75) is 31.5 Å². The van der Waals surface area contributed by atoms with E-state index in [9.17, 15) is 9.90 Å². The van der Waals surface area contributed by atoms with Gasteiger partial charge in [-0.3, -0.25) is 0 Å². The summed E-state index contributed by atoms with van der Waals surface area (Å²) in [4.78, 5) is 16.3. The summed E-state index contributed by atoms with van der Waals surface area (Å²) in [5, 5.41) is 13.2. The van der Waals surface area contributed by atoms with Gasteiger partial charge in [-0.15, -0.1) is 0 Å². The van der Waals surface area contributed by atoms with Gasteiger partial charge in [0.2, 0.25) is 0 Å². The Morgan fingerprint density at radius 1 is 1.45 bits per heavy atom. The molecule has 1 aromatic rings. The molecule has 6 heteroatoms. The second-order valence-electron chi connectivity index (χ2n) is 6.06. The minimum Gasteiger partial charge on any atom is -0.394 e. The molecule has 1 heterocycles. The summed E-state index contributed by atoms with van der Waals surface area (Å²) in [5.41, 5.74) is 1.00. The maximum absolute atomic E-state index is 12.5. The number of aliphatic hydroxyl groups excluding tert-OH is 1. The van der Waals surface area contributed by atoms with E-state index in [1.807, 2.05) is 45.3 Å². The summed E-state index contributed by atoms with van der Waals surface area (Å²) in [6, 6.07) is 7.36. The summed E-state index contributed by atoms with van der Waals surface area (Å²) in [5.74, 6) is 0. The number of rotatable bonds is 4. The maximum Gasteiger partial charge on any atom is 0.318 e. The van der Waals surface area contributed by atoms with E-state index in [-0.39, 0.29) is 30.8 Å². The standard InChI is InChI=1S/C16H24ClN3O2/c1-11(12-4-6-13(17)7-5-12)18-16(22)20-9-14(19(2)3)8-15(20)10-21/h4-7,11,14-15,21H,8-10H2,1-3H3,(H,18,22)/t11-,14-,15+/m1/s1. The van der Waals surface area contributed by atoms with Crippen LogP contribution in [0.25, 0.3) is 0 Å². The molecular weight excluding hydrogens is 302 g/mol. The van der Waals surface area contributed by atoms with E-state index in [4.69, 9.17) is 11.6 Å². The molecule has 0 bridgehead atoms. The minimum atomic E-state index is -0.133. The van der Waals surface area contributed by atoms with Gasteiger partial charge in [-0.1, -0.05) is 23.7 Å². The maximum atomic E-state index is 12.5. The fourth-order valence-electron chi connectivity index (χ4n) is 2.79. The molecule has 122 valence electrons. The first-order chi connectivity index (χ1) is 10.4. The number of likely N-dealkylation sites (tertiary alicyclic amines) is 1. The minimum absolute atomic E-state index is 0.00686. The molecule has 0 aliphatic carbocycles. The number of carbonyl (C=O) groups is 1. The molecule has 5 nitrogen and oxygen atoms in total. The predicted octanol–water partition coefficient (Wildman–Crippen LogP) is 2.11. The van der Waals surface area contributed by atoms with Crippen LogP contribution in [0.4, 0.5) is 4.79 Å². The van der Waals surface area contributed by atoms with Gasteiger partial charge >= 0.3 is 6.03 Å². The third-order valence-electron chi connectivity index (χ3n) is 4.30. The quantitative estimate of drug-likeness (QED) is 0.891. The lowest BCUT2D eigenvalue weighted by molar-refractivity contribution is 0.155. The second-order valence-corrected chi connectivity index (χ2v) is 6.50. The van der Waals surface area contributed by atoms with Crippen LogP contribution in [0.2, 0.25) is 5.02 Å². The van der Waals surface area contributed by atoms with Crippen LogP contribution in [-0.4, -0.2) is 60.3 Å². The van der Waals surface area contributed by atoms with Crippen molar-refractivity contribution in [3.05, 3.63) is 34.9 Å². The number of urea groups is 1. The largest absolute Gasteiger partial charge is 0.394 e. The van der Waals surface area contributed by atoms with Gasteiger partial charge in [-0.2, -0.15) is 0 Å². The second kappa shape index (κ2) is 7.31. The van der Waals surface area contributed by atoms with Crippen LogP contribution in [-0.2, 0) is 0 Å². The number of hydrogen-bond donors (Lipinski definition) is 2. The van der Waals surface area contributed by atoms with Crippen LogP contribution in [0.15, 0.2) is 24.3 Å². The molecule has 0 radical (unpaired) electrons. The summed E-state index contributed by atoms with van der Waals surface area (Å²) < 4.78 is 0. The van der Waals surface area contributed by atoms with Crippen molar-refractivity contribution in [1.29, 1.82) is 0 Å². The highest BCUT2D eigenvalue weighted by atomic mass is 35.5. The highest BCUT2D eigenvalue weighted by Crippen LogP contribution is 2.22. The third-order valence-corrected chi connectivity index (χ3v) is 4.56. The first kappa shape index (κ1) is 17.1. The fraction of sp³-hybridized carbons (Fsp3) is 0.562. The first-order valence-electron chi connectivity index (χ1n) is 7.52. The van der Waals surface area contributed by atoms with Crippen molar-refractivity contribution >= 4 is 17.6 Å². The normalized spacial score (nSPS) is 22.9. The number of likely N-dealkylation sites (N-methyl/N-ethyl adjacent to an activating group) is 1. The van der Waals surface area contributed by atoms with Crippen molar-refractivity contribution < 1.29 is 9.90 Å². The molecule has 1 fully saturated rings. The van der Waals surface area contributed by atoms with Gasteiger partial charge in [0.05, 0.1) is 18.7 Å². The molecule has 0 saturated carbocycles. The highest BCUT2D eigenvalue weighted by molar-refractivity contribution is 6.30. The Morgan fingerprint density at radius 3 is 2.64 bits per heavy atom. The molecule has 2 amide bonds. The van der Waals surface area contributed by atoms with Crippen LogP contribution >= 0.6 is 11.6 Å². The number of carbonyl (C=O) groups excluding carboxylic acids is 1. The van der Waals surface area contributed by atoms with E-state index >= 15 is 0 Å². The Balaban J connectivity index is 2.00. The number of amides is 2. The van der Waals surface area contributed by atoms with E-state index < -0.39 is 0 Å². The zero-order valence-corrected chi connectivity index (χ0v) is 14.0. The van der Waals surface area contributed by atoms with Crippen molar-refractivity contribution in [1.82, 2.24) is 15.1 Å². The molecule has 0 spiro atoms. The summed E-state index contributed by atoms with van der Waals surface area (Å²) in [7, 11) is 3.99. The number of benzene rings is 1. The molecule has 2 rings (SSSR count). The molecule has 1 aliphatic rings. The molecular formula is C16H24ClN3O2. The molecule has 1 aliphatic heterocycles. The Bertz CT molecular complexity index is 507. The van der Waals surface area contributed by atoms with Gasteiger partial charge in [0.1, 0.15) is 0 Å². The lowest BCUT2D eigenvalue weighted by atomic mass is 10.1. The lowest BCUT2D eigenvalue weighted by Crippen LogP contribution is -2.45. The summed E-state index contributed by atoms with van der Waals surface area (Å²) in [6.45, 7) is 2.57. The van der Waals surface area contributed by atoms with Gasteiger partial charge < -0.3 is 20.2 Å². The Morgan fingerprint density at radius 2 is 2.09 bits per heavy atom. The number of hydrogen-bond acceptors (Lipinski definition) is 3. The fourth-order valence-corrected chi connectivity index (χ4v) is 2.92. The topological polar surface area (TPSA) is 55.8 Å². The molecule has 22 heavy (non-hydrogen) atoms. The van der Waals surface area contributed by atoms with Gasteiger partial charge in [0, 0.05) is 17.6 Å². The number of nitrogens with zero attached hydrogens (tertiary/aromatic N) is 2. The summed E-state index contributed by atoms with van der Waals surface area (Å²) in [6.07, 6.45) is 0.798. The molecule has 1 saturated heterocycles. The Kier molecular flexibility index (Phi) is 5.67. The summed E-state index contributed by atoms with van der Waals surface area (Å²) >= 11 is 5.88. The van der Waals surface area contributed by atoms with Crippen LogP contribution in [0, 0.1) is 0 Å². The van der Waals surface area contributed by atoms with Crippen molar-refractivity contribution in [3.8, 4) is 0 Å². The smallest absolute Gasteiger partial charge is 0.318 e. The van der Waals surface area contributed by atoms with E-state index in [0.717, 1.165) is 12.0 Å². The van der Waals surface area contributed by atoms with E-state index in [1.165, 1.54) is 0 Å².